The minimum atomic E-state index is 0.150. The van der Waals surface area contributed by atoms with Crippen molar-refractivity contribution in [2.24, 2.45) is 23.7 Å². The molecule has 30 heavy (non-hydrogen) atoms. The topological polar surface area (TPSA) is 0 Å². The molecular weight excluding hydrogens is 407 g/mol. The van der Waals surface area contributed by atoms with Gasteiger partial charge in [0.15, 0.2) is 0 Å². The van der Waals surface area contributed by atoms with Gasteiger partial charge in [0.2, 0.25) is 0 Å². The van der Waals surface area contributed by atoms with Gasteiger partial charge in [-0.2, -0.15) is 0 Å². The van der Waals surface area contributed by atoms with Crippen LogP contribution in [0.15, 0.2) is 60.7 Å². The smallest absolute Gasteiger partial charge is 0.0487 e. The highest BCUT2D eigenvalue weighted by molar-refractivity contribution is 6.34. The summed E-state index contributed by atoms with van der Waals surface area (Å²) >= 11 is 13.4. The fourth-order valence-corrected chi connectivity index (χ4v) is 8.60. The monoisotopic (exact) mass is 430 g/mol. The predicted molar refractivity (Wildman–Crippen MR) is 125 cm³/mol. The number of hydrogen-bond acceptors (Lipinski definition) is 0. The molecule has 0 unspecified atom stereocenters. The number of fused-ring (bicyclic) bond motifs is 3. The second kappa shape index (κ2) is 6.15. The molecule has 0 aromatic heterocycles. The van der Waals surface area contributed by atoms with Crippen LogP contribution in [0.2, 0.25) is 10.0 Å². The molecule has 0 N–H and O–H groups in total. The molecule has 0 saturated heterocycles. The Kier molecular flexibility index (Phi) is 3.66. The van der Waals surface area contributed by atoms with E-state index in [-0.39, 0.29) is 5.41 Å². The van der Waals surface area contributed by atoms with Crippen LogP contribution in [0.4, 0.5) is 0 Å². The van der Waals surface area contributed by atoms with E-state index in [2.05, 4.69) is 54.6 Å². The number of hydrogen-bond donors (Lipinski definition) is 0. The molecule has 3 aromatic rings. The summed E-state index contributed by atoms with van der Waals surface area (Å²) in [4.78, 5) is 0. The normalized spacial score (nSPS) is 32.5. The Labute approximate surface area is 188 Å². The van der Waals surface area contributed by atoms with E-state index in [1.165, 1.54) is 65.5 Å². The average molecular weight is 431 g/mol. The third kappa shape index (κ3) is 2.15. The molecule has 4 fully saturated rings. The summed E-state index contributed by atoms with van der Waals surface area (Å²) in [6.07, 6.45) is 7.03. The van der Waals surface area contributed by atoms with E-state index in [1.54, 1.807) is 0 Å². The van der Waals surface area contributed by atoms with Crippen molar-refractivity contribution < 1.29 is 0 Å². The summed E-state index contributed by atoms with van der Waals surface area (Å²) in [6, 6.07) is 21.9. The van der Waals surface area contributed by atoms with E-state index in [9.17, 15) is 0 Å². The van der Waals surface area contributed by atoms with Crippen molar-refractivity contribution in [2.75, 3.05) is 0 Å². The average Bonchev–Trinajstić information content (AvgIpc) is 3.04. The van der Waals surface area contributed by atoms with Crippen LogP contribution in [0.1, 0.15) is 43.2 Å². The molecule has 0 amide bonds. The molecule has 4 bridgehead atoms. The first-order valence-electron chi connectivity index (χ1n) is 11.3. The van der Waals surface area contributed by atoms with Crippen molar-refractivity contribution in [2.45, 2.75) is 37.5 Å². The Hall–Kier alpha value is -1.76. The van der Waals surface area contributed by atoms with Crippen LogP contribution in [0, 0.1) is 23.7 Å². The van der Waals surface area contributed by atoms with Gasteiger partial charge >= 0.3 is 0 Å². The van der Waals surface area contributed by atoms with E-state index in [4.69, 9.17) is 23.2 Å². The van der Waals surface area contributed by atoms with Crippen LogP contribution in [-0.2, 0) is 5.41 Å². The first-order valence-corrected chi connectivity index (χ1v) is 12.1. The van der Waals surface area contributed by atoms with Crippen molar-refractivity contribution in [3.8, 4) is 22.3 Å². The molecule has 0 aliphatic heterocycles. The van der Waals surface area contributed by atoms with E-state index in [0.29, 0.717) is 0 Å². The molecular formula is C28H24Cl2. The molecule has 0 heterocycles. The largest absolute Gasteiger partial charge is 0.0843 e. The zero-order chi connectivity index (χ0) is 20.0. The Bertz CT molecular complexity index is 1160. The van der Waals surface area contributed by atoms with Crippen LogP contribution in [0.5, 0.6) is 0 Å². The van der Waals surface area contributed by atoms with Gasteiger partial charge in [0.1, 0.15) is 0 Å². The van der Waals surface area contributed by atoms with Crippen LogP contribution in [-0.4, -0.2) is 0 Å². The van der Waals surface area contributed by atoms with Crippen molar-refractivity contribution in [1.82, 2.24) is 0 Å². The van der Waals surface area contributed by atoms with Gasteiger partial charge in [-0.15, -0.1) is 0 Å². The maximum absolute atomic E-state index is 6.96. The standard InChI is InChI=1S/C28H24Cl2/c29-21-5-1-4-18(15-21)22-6-2-7-23-26(22)27-24(8-3-9-25(27)30)28(23)19-11-16-10-17(13-19)14-20(28)12-16/h1-9,15-17,19-20H,10-14H2. The zero-order valence-corrected chi connectivity index (χ0v) is 18.4. The summed E-state index contributed by atoms with van der Waals surface area (Å²) < 4.78 is 0. The lowest BCUT2D eigenvalue weighted by molar-refractivity contribution is -0.0399. The van der Waals surface area contributed by atoms with Crippen molar-refractivity contribution in [3.05, 3.63) is 81.8 Å². The number of benzene rings is 3. The van der Waals surface area contributed by atoms with Gasteiger partial charge < -0.3 is 0 Å². The lowest BCUT2D eigenvalue weighted by Crippen LogP contribution is -2.55. The van der Waals surface area contributed by atoms with Gasteiger partial charge in [-0.3, -0.25) is 0 Å². The summed E-state index contributed by atoms with van der Waals surface area (Å²) in [6.45, 7) is 0. The Morgan fingerprint density at radius 1 is 0.667 bits per heavy atom. The van der Waals surface area contributed by atoms with Gasteiger partial charge in [0.05, 0.1) is 0 Å². The molecule has 1 spiro atoms. The quantitative estimate of drug-likeness (QED) is 0.363. The minimum absolute atomic E-state index is 0.150. The highest BCUT2D eigenvalue weighted by atomic mass is 35.5. The second-order valence-corrected chi connectivity index (χ2v) is 10.9. The maximum Gasteiger partial charge on any atom is 0.0487 e. The van der Waals surface area contributed by atoms with E-state index in [1.807, 2.05) is 6.07 Å². The number of halogens is 2. The predicted octanol–water partition coefficient (Wildman–Crippen LogP) is 8.38. The van der Waals surface area contributed by atoms with E-state index < -0.39 is 0 Å². The molecule has 5 aliphatic rings. The third-order valence-corrected chi connectivity index (χ3v) is 9.33. The first-order chi connectivity index (χ1) is 14.7. The fraction of sp³-hybridized carbons (Fsp3) is 0.357. The molecule has 8 rings (SSSR count). The highest BCUT2D eigenvalue weighted by Gasteiger charge is 2.61. The summed E-state index contributed by atoms with van der Waals surface area (Å²) in [5, 5.41) is 1.68. The lowest BCUT2D eigenvalue weighted by atomic mass is 9.43. The highest BCUT2D eigenvalue weighted by Crippen LogP contribution is 2.70. The molecule has 4 saturated carbocycles. The molecule has 0 nitrogen and oxygen atoms in total. The molecule has 3 aromatic carbocycles. The van der Waals surface area contributed by atoms with Gasteiger partial charge in [0, 0.05) is 21.0 Å². The summed E-state index contributed by atoms with van der Waals surface area (Å²) in [7, 11) is 0. The van der Waals surface area contributed by atoms with Gasteiger partial charge in [-0.1, -0.05) is 65.7 Å². The third-order valence-electron chi connectivity index (χ3n) is 8.78. The van der Waals surface area contributed by atoms with Crippen LogP contribution in [0.3, 0.4) is 0 Å². The van der Waals surface area contributed by atoms with Crippen molar-refractivity contribution >= 4 is 23.2 Å². The minimum Gasteiger partial charge on any atom is -0.0843 e. The Balaban J connectivity index is 1.56. The van der Waals surface area contributed by atoms with Crippen LogP contribution in [0.25, 0.3) is 22.3 Å². The van der Waals surface area contributed by atoms with E-state index in [0.717, 1.165) is 33.7 Å². The molecule has 5 aliphatic carbocycles. The zero-order valence-electron chi connectivity index (χ0n) is 16.9. The van der Waals surface area contributed by atoms with Crippen molar-refractivity contribution in [3.63, 3.8) is 0 Å². The van der Waals surface area contributed by atoms with Gasteiger partial charge in [0.25, 0.3) is 0 Å². The molecule has 2 heteroatoms. The van der Waals surface area contributed by atoms with Gasteiger partial charge in [-0.05, 0) is 102 Å². The van der Waals surface area contributed by atoms with Crippen LogP contribution >= 0.6 is 23.2 Å². The summed E-state index contributed by atoms with van der Waals surface area (Å²) in [5.74, 6) is 3.39. The van der Waals surface area contributed by atoms with Gasteiger partial charge in [-0.25, -0.2) is 0 Å². The molecule has 0 atom stereocenters. The first kappa shape index (κ1) is 17.9. The van der Waals surface area contributed by atoms with Crippen LogP contribution < -0.4 is 0 Å². The summed E-state index contributed by atoms with van der Waals surface area (Å²) in [5.41, 5.74) is 8.31. The maximum atomic E-state index is 6.96. The van der Waals surface area contributed by atoms with E-state index >= 15 is 0 Å². The second-order valence-electron chi connectivity index (χ2n) is 10.1. The van der Waals surface area contributed by atoms with Crippen molar-refractivity contribution in [1.29, 1.82) is 0 Å². The Morgan fingerprint density at radius 3 is 2.00 bits per heavy atom. The fourth-order valence-electron chi connectivity index (χ4n) is 8.14. The lowest BCUT2D eigenvalue weighted by Gasteiger charge is -2.61. The SMILES string of the molecule is Clc1cccc(-c2cccc3c2-c2c(Cl)cccc2C32C3CC4CC(C3)CC2C4)c1. The Morgan fingerprint density at radius 2 is 1.30 bits per heavy atom. The number of rotatable bonds is 1. The molecule has 0 radical (unpaired) electrons. The molecule has 150 valence electrons.